The zero-order valence-corrected chi connectivity index (χ0v) is 42.6. The van der Waals surface area contributed by atoms with Crippen molar-refractivity contribution in [3.05, 3.63) is 272 Å². The summed E-state index contributed by atoms with van der Waals surface area (Å²) in [7, 11) is 0. The van der Waals surface area contributed by atoms with Crippen LogP contribution in [0.5, 0.6) is 0 Å². The van der Waals surface area contributed by atoms with Crippen molar-refractivity contribution >= 4 is 79.5 Å². The minimum Gasteiger partial charge on any atom is -0.311 e. The molecule has 1 aliphatic heterocycles. The van der Waals surface area contributed by atoms with E-state index in [-0.39, 0.29) is 5.41 Å². The zero-order chi connectivity index (χ0) is 49.3. The van der Waals surface area contributed by atoms with Crippen LogP contribution in [0, 0.1) is 0 Å². The third kappa shape index (κ3) is 7.54. The number of nitrogens with zero attached hydrogens (tertiary/aromatic N) is 3. The minimum absolute atomic E-state index is 0.111. The maximum absolute atomic E-state index is 2.51. The third-order valence-electron chi connectivity index (χ3n) is 15.0. The number of fused-ring (bicyclic) bond motifs is 8. The van der Waals surface area contributed by atoms with Crippen molar-refractivity contribution in [1.82, 2.24) is 4.57 Å². The Morgan fingerprint density at radius 3 is 1.24 bits per heavy atom. The van der Waals surface area contributed by atoms with Gasteiger partial charge in [-0.1, -0.05) is 177 Å². The number of hydrogen-bond donors (Lipinski definition) is 0. The van der Waals surface area contributed by atoms with Crippen LogP contribution in [0.15, 0.2) is 280 Å². The van der Waals surface area contributed by atoms with Gasteiger partial charge < -0.3 is 14.4 Å². The predicted octanol–water partition coefficient (Wildman–Crippen LogP) is 20.0. The van der Waals surface area contributed by atoms with Gasteiger partial charge in [0.25, 0.3) is 0 Å². The molecule has 74 heavy (non-hydrogen) atoms. The quantitative estimate of drug-likeness (QED) is 0.143. The van der Waals surface area contributed by atoms with E-state index in [1.165, 1.54) is 80.3 Å². The van der Waals surface area contributed by atoms with Crippen LogP contribution in [0.4, 0.5) is 34.1 Å². The molecular weight excluding hydrogens is 935 g/mol. The van der Waals surface area contributed by atoms with Gasteiger partial charge in [-0.15, -0.1) is 0 Å². The summed E-state index contributed by atoms with van der Waals surface area (Å²) in [6, 6.07) is 95.5. The van der Waals surface area contributed by atoms with E-state index in [2.05, 4.69) is 289 Å². The minimum atomic E-state index is -0.111. The van der Waals surface area contributed by atoms with Crippen molar-refractivity contribution in [2.24, 2.45) is 0 Å². The van der Waals surface area contributed by atoms with E-state index >= 15 is 0 Å². The Hall–Kier alpha value is -8.48. The van der Waals surface area contributed by atoms with Crippen LogP contribution in [0.2, 0.25) is 0 Å². The second-order valence-corrected chi connectivity index (χ2v) is 21.9. The Balaban J connectivity index is 0.835. The number of anilines is 6. The van der Waals surface area contributed by atoms with Crippen molar-refractivity contribution in [2.45, 2.75) is 38.8 Å². The Labute approximate surface area is 441 Å². The Morgan fingerprint density at radius 2 is 0.703 bits per heavy atom. The van der Waals surface area contributed by atoms with Crippen LogP contribution in [-0.2, 0) is 5.41 Å². The van der Waals surface area contributed by atoms with Gasteiger partial charge in [0.1, 0.15) is 0 Å². The van der Waals surface area contributed by atoms with Gasteiger partial charge >= 0.3 is 0 Å². The number of hydrogen-bond acceptors (Lipinski definition) is 4. The lowest BCUT2D eigenvalue weighted by Crippen LogP contribution is -2.14. The Bertz CT molecular complexity index is 4020. The summed E-state index contributed by atoms with van der Waals surface area (Å²) in [5.74, 6) is 0. The van der Waals surface area contributed by atoms with E-state index in [1.54, 1.807) is 0 Å². The highest BCUT2D eigenvalue weighted by molar-refractivity contribution is 8.05. The van der Waals surface area contributed by atoms with Crippen molar-refractivity contribution in [3.8, 4) is 39.1 Å². The second kappa shape index (κ2) is 17.9. The molecule has 352 valence electrons. The summed E-state index contributed by atoms with van der Waals surface area (Å²) in [5, 5.41) is 2.58. The molecule has 3 nitrogen and oxygen atoms in total. The van der Waals surface area contributed by atoms with Gasteiger partial charge in [-0.25, -0.2) is 0 Å². The lowest BCUT2D eigenvalue weighted by atomic mass is 9.82. The Kier molecular flexibility index (Phi) is 10.7. The molecule has 14 rings (SSSR count). The maximum Gasteiger partial charge on any atom is 0.0553 e. The summed E-state index contributed by atoms with van der Waals surface area (Å²) in [6.45, 7) is 4.76. The first-order valence-corrected chi connectivity index (χ1v) is 26.9. The van der Waals surface area contributed by atoms with Crippen LogP contribution in [-0.4, -0.2) is 4.57 Å². The first-order valence-electron chi connectivity index (χ1n) is 25.3. The molecule has 11 aromatic carbocycles. The topological polar surface area (TPSA) is 11.4 Å². The van der Waals surface area contributed by atoms with E-state index in [1.807, 2.05) is 23.5 Å². The van der Waals surface area contributed by atoms with Crippen molar-refractivity contribution in [1.29, 1.82) is 0 Å². The first-order chi connectivity index (χ1) is 36.4. The van der Waals surface area contributed by atoms with Crippen LogP contribution < -0.4 is 9.80 Å². The SMILES string of the molecule is CC1(C)c2ccccc2-c2cc3c4cc5c(cc4n(-c4ccc(-c6ccc(N(c7ccc(-c8ccccc8)cc7)c7ccc(N(c8ccccc8)c8ccccc8)cc7)cc6)cc4)c3cc21)Sc1ccccc1S5. The van der Waals surface area contributed by atoms with Crippen molar-refractivity contribution < 1.29 is 0 Å². The number of aromatic nitrogens is 1. The summed E-state index contributed by atoms with van der Waals surface area (Å²) in [6.07, 6.45) is 0. The Morgan fingerprint density at radius 1 is 0.311 bits per heavy atom. The molecule has 0 fully saturated rings. The fourth-order valence-corrected chi connectivity index (χ4v) is 13.6. The molecule has 1 aliphatic carbocycles. The average Bonchev–Trinajstić information content (AvgIpc) is 3.95. The molecular formula is C69H49N3S2. The largest absolute Gasteiger partial charge is 0.311 e. The van der Waals surface area contributed by atoms with E-state index in [0.29, 0.717) is 0 Å². The second-order valence-electron chi connectivity index (χ2n) is 19.8. The fraction of sp³-hybridized carbons (Fsp3) is 0.0435. The molecule has 0 unspecified atom stereocenters. The monoisotopic (exact) mass is 983 g/mol. The van der Waals surface area contributed by atoms with Gasteiger partial charge in [0.2, 0.25) is 0 Å². The average molecular weight is 984 g/mol. The molecule has 0 saturated heterocycles. The summed E-state index contributed by atoms with van der Waals surface area (Å²) in [4.78, 5) is 9.92. The fourth-order valence-electron chi connectivity index (χ4n) is 11.3. The molecule has 0 atom stereocenters. The molecule has 0 amide bonds. The zero-order valence-electron chi connectivity index (χ0n) is 41.0. The summed E-state index contributed by atoms with van der Waals surface area (Å²) in [5.41, 5.74) is 20.3. The van der Waals surface area contributed by atoms with Crippen LogP contribution >= 0.6 is 23.5 Å². The maximum atomic E-state index is 2.51. The first kappa shape index (κ1) is 44.2. The van der Waals surface area contributed by atoms with Crippen LogP contribution in [0.3, 0.4) is 0 Å². The molecule has 0 N–H and O–H groups in total. The van der Waals surface area contributed by atoms with Gasteiger partial charge in [0.05, 0.1) is 11.0 Å². The smallest absolute Gasteiger partial charge is 0.0553 e. The van der Waals surface area contributed by atoms with Crippen LogP contribution in [0.1, 0.15) is 25.0 Å². The molecule has 0 radical (unpaired) electrons. The van der Waals surface area contributed by atoms with Crippen molar-refractivity contribution in [3.63, 3.8) is 0 Å². The van der Waals surface area contributed by atoms with Crippen molar-refractivity contribution in [2.75, 3.05) is 9.80 Å². The normalized spacial score (nSPS) is 13.0. The van der Waals surface area contributed by atoms with Gasteiger partial charge in [0.15, 0.2) is 0 Å². The predicted molar refractivity (Wildman–Crippen MR) is 313 cm³/mol. The molecule has 12 aromatic rings. The summed E-state index contributed by atoms with van der Waals surface area (Å²) >= 11 is 3.77. The molecule has 2 aliphatic rings. The van der Waals surface area contributed by atoms with Gasteiger partial charge in [-0.05, 0) is 166 Å². The lowest BCUT2D eigenvalue weighted by molar-refractivity contribution is 0.661. The van der Waals surface area contributed by atoms with Gasteiger partial charge in [-0.3, -0.25) is 0 Å². The van der Waals surface area contributed by atoms with E-state index in [4.69, 9.17) is 0 Å². The lowest BCUT2D eigenvalue weighted by Gasteiger charge is -2.28. The van der Waals surface area contributed by atoms with Gasteiger partial charge in [0, 0.05) is 75.6 Å². The summed E-state index contributed by atoms with van der Waals surface area (Å²) < 4.78 is 2.51. The number of benzene rings is 11. The highest BCUT2D eigenvalue weighted by Gasteiger charge is 2.36. The molecule has 5 heteroatoms. The molecule has 0 saturated carbocycles. The van der Waals surface area contributed by atoms with E-state index in [0.717, 1.165) is 45.4 Å². The molecule has 0 bridgehead atoms. The standard InChI is InChI=1S/C69H49N3S2/c1-69(2)61-23-13-12-22-57(61)58-42-59-60-43-67-68(74-66-25-15-14-24-65(66)73-67)45-64(60)72(63(59)44-62(58)69)56-36-30-49(31-37-56)48-28-34-53(35-29-48)71(52-32-26-47(27-33-52)46-16-6-3-7-17-46)55-40-38-54(39-41-55)70(50-18-8-4-9-19-50)51-20-10-5-11-21-51/h3-45H,1-2H3. The molecule has 1 aromatic heterocycles. The highest BCUT2D eigenvalue weighted by atomic mass is 32.2. The highest BCUT2D eigenvalue weighted by Crippen LogP contribution is 2.54. The molecule has 2 heterocycles. The van der Waals surface area contributed by atoms with Crippen LogP contribution in [0.25, 0.3) is 60.9 Å². The van der Waals surface area contributed by atoms with E-state index < -0.39 is 0 Å². The number of rotatable bonds is 9. The van der Waals surface area contributed by atoms with Gasteiger partial charge in [-0.2, -0.15) is 0 Å². The van der Waals surface area contributed by atoms with E-state index in [9.17, 15) is 0 Å². The molecule has 0 spiro atoms. The third-order valence-corrected chi connectivity index (χ3v) is 17.6. The number of para-hydroxylation sites is 2.